The van der Waals surface area contributed by atoms with Crippen LogP contribution in [0.4, 0.5) is 10.5 Å². The molecule has 1 aromatic carbocycles. The highest BCUT2D eigenvalue weighted by Crippen LogP contribution is 2.32. The first-order valence-corrected chi connectivity index (χ1v) is 8.19. The van der Waals surface area contributed by atoms with Crippen LogP contribution in [0.15, 0.2) is 29.3 Å². The molecule has 0 aromatic heterocycles. The zero-order valence-corrected chi connectivity index (χ0v) is 14.2. The number of amides is 2. The zero-order valence-electron chi connectivity index (χ0n) is 13.4. The first-order chi connectivity index (χ1) is 9.86. The number of aryl methyl sites for hydroxylation is 1. The Balaban J connectivity index is 2.47. The molecule has 1 aliphatic rings. The summed E-state index contributed by atoms with van der Waals surface area (Å²) >= 11 is 1.62. The lowest BCUT2D eigenvalue weighted by molar-refractivity contribution is 0.169. The lowest BCUT2D eigenvalue weighted by Gasteiger charge is -2.43. The van der Waals surface area contributed by atoms with Crippen molar-refractivity contribution in [1.82, 2.24) is 4.90 Å². The first kappa shape index (κ1) is 15.9. The molecule has 0 aliphatic carbocycles. The number of nitrogens with zero attached hydrogens (tertiary/aromatic N) is 3. The Morgan fingerprint density at radius 1 is 1.29 bits per heavy atom. The third-order valence-corrected chi connectivity index (χ3v) is 4.35. The smallest absolute Gasteiger partial charge is 0.309 e. The molecule has 2 amide bonds. The molecule has 0 atom stereocenters. The van der Waals surface area contributed by atoms with Gasteiger partial charge in [0, 0.05) is 12.1 Å². The van der Waals surface area contributed by atoms with Crippen molar-refractivity contribution in [1.29, 1.82) is 0 Å². The maximum absolute atomic E-state index is 13.0. The van der Waals surface area contributed by atoms with Crippen molar-refractivity contribution in [2.75, 3.05) is 17.3 Å². The van der Waals surface area contributed by atoms with Crippen molar-refractivity contribution in [3.63, 3.8) is 0 Å². The molecule has 0 saturated carbocycles. The van der Waals surface area contributed by atoms with E-state index in [4.69, 9.17) is 0 Å². The van der Waals surface area contributed by atoms with Gasteiger partial charge in [0.05, 0.1) is 11.6 Å². The van der Waals surface area contributed by atoms with Crippen LogP contribution in [0.1, 0.15) is 33.3 Å². The van der Waals surface area contributed by atoms with E-state index < -0.39 is 0 Å². The number of aliphatic imine (C=N–C) groups is 1. The van der Waals surface area contributed by atoms with Crippen LogP contribution in [0.5, 0.6) is 0 Å². The van der Waals surface area contributed by atoms with Crippen LogP contribution >= 0.6 is 11.8 Å². The summed E-state index contributed by atoms with van der Waals surface area (Å²) in [4.78, 5) is 21.1. The van der Waals surface area contributed by atoms with Gasteiger partial charge in [0.1, 0.15) is 0 Å². The van der Waals surface area contributed by atoms with Crippen molar-refractivity contribution in [3.8, 4) is 0 Å². The summed E-state index contributed by atoms with van der Waals surface area (Å²) in [6, 6.07) is 7.94. The highest BCUT2D eigenvalue weighted by atomic mass is 32.2. The van der Waals surface area contributed by atoms with E-state index in [1.54, 1.807) is 16.7 Å². The zero-order chi connectivity index (χ0) is 15.6. The second-order valence-corrected chi connectivity index (χ2v) is 6.95. The summed E-state index contributed by atoms with van der Waals surface area (Å²) in [5, 5.41) is 0.789. The van der Waals surface area contributed by atoms with Crippen LogP contribution in [0, 0.1) is 6.92 Å². The Bertz CT molecular complexity index is 563. The molecular formula is C16H23N3OS. The second kappa shape index (κ2) is 6.10. The molecule has 0 radical (unpaired) electrons. The van der Waals surface area contributed by atoms with Gasteiger partial charge in [-0.15, -0.1) is 0 Å². The average Bonchev–Trinajstić information content (AvgIpc) is 2.39. The number of amidine groups is 1. The Hall–Kier alpha value is -1.49. The van der Waals surface area contributed by atoms with Crippen LogP contribution in [0.2, 0.25) is 0 Å². The normalized spacial score (nSPS) is 18.5. The number of thioether (sulfide) groups is 1. The summed E-state index contributed by atoms with van der Waals surface area (Å²) in [6.07, 6.45) is 0. The van der Waals surface area contributed by atoms with E-state index in [1.165, 1.54) is 0 Å². The quantitative estimate of drug-likeness (QED) is 0.824. The number of para-hydroxylation sites is 1. The maximum Gasteiger partial charge on any atom is 0.331 e. The number of carbonyl (C=O) groups excluding carboxylic acids is 1. The van der Waals surface area contributed by atoms with Gasteiger partial charge in [0.2, 0.25) is 0 Å². The van der Waals surface area contributed by atoms with Gasteiger partial charge in [0.25, 0.3) is 0 Å². The van der Waals surface area contributed by atoms with Crippen LogP contribution in [-0.2, 0) is 0 Å². The molecule has 114 valence electrons. The summed E-state index contributed by atoms with van der Waals surface area (Å²) < 4.78 is 0. The molecule has 1 heterocycles. The lowest BCUT2D eigenvalue weighted by Crippen LogP contribution is -2.57. The molecule has 5 heteroatoms. The molecule has 4 nitrogen and oxygen atoms in total. The van der Waals surface area contributed by atoms with Gasteiger partial charge in [-0.25, -0.2) is 9.69 Å². The highest BCUT2D eigenvalue weighted by Gasteiger charge is 2.38. The SMILES string of the molecule is CC/N=C1\SCN(C(C)(C)C)C(=O)N1c1ccccc1C. The van der Waals surface area contributed by atoms with E-state index in [0.717, 1.165) is 16.4 Å². The van der Waals surface area contributed by atoms with Gasteiger partial charge in [-0.05, 0) is 46.2 Å². The maximum atomic E-state index is 13.0. The van der Waals surface area contributed by atoms with Crippen LogP contribution in [0.25, 0.3) is 0 Å². The second-order valence-electron chi connectivity index (χ2n) is 6.03. The Morgan fingerprint density at radius 2 is 1.95 bits per heavy atom. The number of carbonyl (C=O) groups is 1. The number of hydrogen-bond donors (Lipinski definition) is 0. The predicted molar refractivity (Wildman–Crippen MR) is 91.1 cm³/mol. The monoisotopic (exact) mass is 305 g/mol. The van der Waals surface area contributed by atoms with Gasteiger partial charge < -0.3 is 4.90 Å². The molecule has 1 saturated heterocycles. The van der Waals surface area contributed by atoms with E-state index >= 15 is 0 Å². The molecule has 1 aliphatic heterocycles. The molecule has 2 rings (SSSR count). The van der Waals surface area contributed by atoms with E-state index in [9.17, 15) is 4.79 Å². The molecule has 1 aromatic rings. The number of anilines is 1. The van der Waals surface area contributed by atoms with Gasteiger partial charge in [-0.2, -0.15) is 0 Å². The molecule has 0 spiro atoms. The molecule has 21 heavy (non-hydrogen) atoms. The number of benzene rings is 1. The van der Waals surface area contributed by atoms with Crippen molar-refractivity contribution >= 4 is 28.6 Å². The minimum absolute atomic E-state index is 0.00255. The van der Waals surface area contributed by atoms with Crippen molar-refractivity contribution in [3.05, 3.63) is 29.8 Å². The van der Waals surface area contributed by atoms with Crippen molar-refractivity contribution < 1.29 is 4.79 Å². The Kier molecular flexibility index (Phi) is 4.61. The van der Waals surface area contributed by atoms with Crippen LogP contribution in [-0.4, -0.2) is 34.1 Å². The average molecular weight is 305 g/mol. The summed E-state index contributed by atoms with van der Waals surface area (Å²) in [5.41, 5.74) is 1.78. The van der Waals surface area contributed by atoms with E-state index in [0.29, 0.717) is 12.4 Å². The molecule has 0 bridgehead atoms. The fourth-order valence-corrected chi connectivity index (χ4v) is 3.47. The standard InChI is InChI=1S/C16H23N3OS/c1-6-17-14-19(13-10-8-7-9-12(13)2)15(20)18(11-21-14)16(3,4)5/h7-10H,6,11H2,1-5H3/b17-14-. The van der Waals surface area contributed by atoms with Crippen molar-refractivity contribution in [2.24, 2.45) is 4.99 Å². The molecule has 0 N–H and O–H groups in total. The largest absolute Gasteiger partial charge is 0.331 e. The first-order valence-electron chi connectivity index (χ1n) is 7.21. The van der Waals surface area contributed by atoms with Crippen LogP contribution in [0.3, 0.4) is 0 Å². The topological polar surface area (TPSA) is 35.9 Å². The summed E-state index contributed by atoms with van der Waals surface area (Å²) in [6.45, 7) is 10.9. The Labute approximate surface area is 131 Å². The number of rotatable bonds is 2. The number of hydrogen-bond acceptors (Lipinski definition) is 3. The predicted octanol–water partition coefficient (Wildman–Crippen LogP) is 4.10. The molecule has 0 unspecified atom stereocenters. The summed E-state index contributed by atoms with van der Waals surface area (Å²) in [5.74, 6) is 0.642. The van der Waals surface area contributed by atoms with Crippen LogP contribution < -0.4 is 4.90 Å². The third kappa shape index (κ3) is 3.23. The fraction of sp³-hybridized carbons (Fsp3) is 0.500. The Morgan fingerprint density at radius 3 is 2.52 bits per heavy atom. The molecular weight excluding hydrogens is 282 g/mol. The van der Waals surface area contributed by atoms with E-state index in [1.807, 2.05) is 43.0 Å². The summed E-state index contributed by atoms with van der Waals surface area (Å²) in [7, 11) is 0. The lowest BCUT2D eigenvalue weighted by atomic mass is 10.1. The van der Waals surface area contributed by atoms with E-state index in [2.05, 4.69) is 25.8 Å². The van der Waals surface area contributed by atoms with Gasteiger partial charge in [0.15, 0.2) is 5.17 Å². The number of urea groups is 1. The highest BCUT2D eigenvalue weighted by molar-refractivity contribution is 8.14. The van der Waals surface area contributed by atoms with E-state index in [-0.39, 0.29) is 11.6 Å². The van der Waals surface area contributed by atoms with Gasteiger partial charge >= 0.3 is 6.03 Å². The van der Waals surface area contributed by atoms with Crippen molar-refractivity contribution in [2.45, 2.75) is 40.2 Å². The van der Waals surface area contributed by atoms with Gasteiger partial charge in [-0.3, -0.25) is 4.99 Å². The molecule has 1 fully saturated rings. The fourth-order valence-electron chi connectivity index (χ4n) is 2.20. The minimum Gasteiger partial charge on any atom is -0.309 e. The van der Waals surface area contributed by atoms with Gasteiger partial charge in [-0.1, -0.05) is 30.0 Å². The minimum atomic E-state index is -0.206. The third-order valence-electron chi connectivity index (χ3n) is 3.40.